The van der Waals surface area contributed by atoms with Crippen molar-refractivity contribution < 1.29 is 9.53 Å². The highest BCUT2D eigenvalue weighted by Crippen LogP contribution is 2.20. The minimum absolute atomic E-state index is 0.160. The summed E-state index contributed by atoms with van der Waals surface area (Å²) in [6.07, 6.45) is 1.23. The van der Waals surface area contributed by atoms with E-state index < -0.39 is 0 Å². The van der Waals surface area contributed by atoms with Gasteiger partial charge in [-0.15, -0.1) is 0 Å². The minimum atomic E-state index is -0.246. The zero-order valence-corrected chi connectivity index (χ0v) is 9.64. The van der Waals surface area contributed by atoms with Crippen LogP contribution in [0.15, 0.2) is 41.9 Å². The van der Waals surface area contributed by atoms with Gasteiger partial charge in [0.25, 0.3) is 0 Å². The third kappa shape index (κ3) is 2.53. The van der Waals surface area contributed by atoms with Crippen molar-refractivity contribution in [3.63, 3.8) is 0 Å². The molecule has 1 aromatic rings. The lowest BCUT2D eigenvalue weighted by atomic mass is 10.1. The number of anilines is 1. The molecule has 88 valence electrons. The van der Waals surface area contributed by atoms with Gasteiger partial charge in [-0.1, -0.05) is 18.7 Å². The Balaban J connectivity index is 2.31. The Kier molecular flexibility index (Phi) is 3.23. The molecule has 1 aromatic carbocycles. The molecule has 0 saturated carbocycles. The summed E-state index contributed by atoms with van der Waals surface area (Å²) in [5, 5.41) is 2.73. The van der Waals surface area contributed by atoms with Gasteiger partial charge in [0.15, 0.2) is 0 Å². The van der Waals surface area contributed by atoms with Crippen molar-refractivity contribution >= 4 is 17.5 Å². The van der Waals surface area contributed by atoms with Crippen LogP contribution in [0.4, 0.5) is 5.69 Å². The fourth-order valence-corrected chi connectivity index (χ4v) is 1.58. The number of nitrogens with one attached hydrogen (secondary N) is 1. The van der Waals surface area contributed by atoms with Crippen molar-refractivity contribution in [2.75, 3.05) is 11.9 Å². The maximum atomic E-state index is 11.3. The van der Waals surface area contributed by atoms with Gasteiger partial charge in [-0.2, -0.15) is 0 Å². The maximum absolute atomic E-state index is 11.3. The molecule has 1 heterocycles. The van der Waals surface area contributed by atoms with Crippen LogP contribution < -0.4 is 5.32 Å². The van der Waals surface area contributed by atoms with Crippen molar-refractivity contribution in [3.05, 3.63) is 42.5 Å². The fourth-order valence-electron chi connectivity index (χ4n) is 1.58. The smallest absolute Gasteiger partial charge is 0.247 e. The van der Waals surface area contributed by atoms with Crippen LogP contribution in [0.25, 0.3) is 0 Å². The monoisotopic (exact) mass is 230 g/mol. The van der Waals surface area contributed by atoms with E-state index in [-0.39, 0.29) is 11.9 Å². The van der Waals surface area contributed by atoms with E-state index in [9.17, 15) is 4.79 Å². The first kappa shape index (κ1) is 11.4. The lowest BCUT2D eigenvalue weighted by molar-refractivity contribution is -0.111. The van der Waals surface area contributed by atoms with Crippen molar-refractivity contribution in [2.45, 2.75) is 13.0 Å². The van der Waals surface area contributed by atoms with Crippen LogP contribution in [0.1, 0.15) is 12.5 Å². The Hall–Kier alpha value is -2.10. The van der Waals surface area contributed by atoms with Gasteiger partial charge < -0.3 is 10.1 Å². The summed E-state index contributed by atoms with van der Waals surface area (Å²) in [6, 6.07) is 7.57. The molecular weight excluding hydrogens is 216 g/mol. The van der Waals surface area contributed by atoms with E-state index >= 15 is 0 Å². The van der Waals surface area contributed by atoms with Crippen molar-refractivity contribution in [3.8, 4) is 0 Å². The van der Waals surface area contributed by atoms with Gasteiger partial charge >= 0.3 is 0 Å². The normalized spacial score (nSPS) is 18.2. The van der Waals surface area contributed by atoms with E-state index in [4.69, 9.17) is 4.74 Å². The van der Waals surface area contributed by atoms with E-state index in [1.54, 1.807) is 0 Å². The van der Waals surface area contributed by atoms with E-state index in [1.165, 1.54) is 6.08 Å². The lowest BCUT2D eigenvalue weighted by Gasteiger charge is -2.09. The second kappa shape index (κ2) is 4.82. The van der Waals surface area contributed by atoms with Crippen LogP contribution in [-0.2, 0) is 9.53 Å². The molecule has 1 aliphatic rings. The molecule has 17 heavy (non-hydrogen) atoms. The zero-order chi connectivity index (χ0) is 12.3. The van der Waals surface area contributed by atoms with Gasteiger partial charge in [-0.3, -0.25) is 4.79 Å². The second-order valence-corrected chi connectivity index (χ2v) is 3.83. The number of benzene rings is 1. The largest absolute Gasteiger partial charge is 0.475 e. The first-order valence-electron chi connectivity index (χ1n) is 5.44. The molecule has 0 aromatic heterocycles. The van der Waals surface area contributed by atoms with E-state index in [1.807, 2.05) is 31.2 Å². The van der Waals surface area contributed by atoms with Crippen LogP contribution in [0.3, 0.4) is 0 Å². The van der Waals surface area contributed by atoms with Gasteiger partial charge in [0.2, 0.25) is 11.8 Å². The molecule has 0 saturated heterocycles. The molecule has 0 spiro atoms. The molecule has 0 aliphatic carbocycles. The summed E-state index contributed by atoms with van der Waals surface area (Å²) in [6.45, 7) is 5.99. The maximum Gasteiger partial charge on any atom is 0.247 e. The minimum Gasteiger partial charge on any atom is -0.475 e. The van der Waals surface area contributed by atoms with Crippen molar-refractivity contribution in [2.24, 2.45) is 4.99 Å². The number of hydrogen-bond acceptors (Lipinski definition) is 3. The molecule has 4 nitrogen and oxygen atoms in total. The Morgan fingerprint density at radius 1 is 1.59 bits per heavy atom. The predicted octanol–water partition coefficient (Wildman–Crippen LogP) is 1.98. The lowest BCUT2D eigenvalue weighted by Crippen LogP contribution is -2.12. The molecular formula is C13H14N2O2. The standard InChI is InChI=1S/C13H14N2O2/c1-3-12(16)15-11-7-5-4-6-10(11)13-14-9(2)8-17-13/h3-7,9H,1,8H2,2H3,(H,15,16). The summed E-state index contributed by atoms with van der Waals surface area (Å²) in [7, 11) is 0. The quantitative estimate of drug-likeness (QED) is 0.807. The van der Waals surface area contributed by atoms with Gasteiger partial charge in [-0.25, -0.2) is 4.99 Å². The number of carbonyl (C=O) groups excluding carboxylic acids is 1. The molecule has 1 amide bonds. The number of para-hydroxylation sites is 1. The van der Waals surface area contributed by atoms with E-state index in [0.29, 0.717) is 18.2 Å². The van der Waals surface area contributed by atoms with Gasteiger partial charge in [-0.05, 0) is 25.1 Å². The number of ether oxygens (including phenoxy) is 1. The topological polar surface area (TPSA) is 50.7 Å². The van der Waals surface area contributed by atoms with E-state index in [2.05, 4.69) is 16.9 Å². The Morgan fingerprint density at radius 2 is 2.35 bits per heavy atom. The molecule has 0 bridgehead atoms. The zero-order valence-electron chi connectivity index (χ0n) is 9.64. The highest BCUT2D eigenvalue weighted by atomic mass is 16.5. The highest BCUT2D eigenvalue weighted by Gasteiger charge is 2.18. The van der Waals surface area contributed by atoms with Crippen LogP contribution in [0.5, 0.6) is 0 Å². The molecule has 0 fully saturated rings. The Labute approximate surface area is 100 Å². The first-order chi connectivity index (χ1) is 8.20. The molecule has 1 unspecified atom stereocenters. The van der Waals surface area contributed by atoms with Gasteiger partial charge in [0.1, 0.15) is 6.61 Å². The number of carbonyl (C=O) groups is 1. The third-order valence-corrected chi connectivity index (χ3v) is 2.40. The highest BCUT2D eigenvalue weighted by molar-refractivity contribution is 6.06. The average Bonchev–Trinajstić information content (AvgIpc) is 2.76. The summed E-state index contributed by atoms with van der Waals surface area (Å²) in [5.74, 6) is 0.335. The molecule has 0 radical (unpaired) electrons. The first-order valence-corrected chi connectivity index (χ1v) is 5.44. The van der Waals surface area contributed by atoms with Gasteiger partial charge in [0, 0.05) is 0 Å². The molecule has 1 N–H and O–H groups in total. The number of amides is 1. The Bertz CT molecular complexity index is 480. The summed E-state index contributed by atoms with van der Waals surface area (Å²) < 4.78 is 5.48. The SMILES string of the molecule is C=CC(=O)Nc1ccccc1C1=NC(C)CO1. The molecule has 1 atom stereocenters. The van der Waals surface area contributed by atoms with Crippen LogP contribution in [0.2, 0.25) is 0 Å². The fraction of sp³-hybridized carbons (Fsp3) is 0.231. The van der Waals surface area contributed by atoms with E-state index in [0.717, 1.165) is 5.56 Å². The molecule has 2 rings (SSSR count). The number of nitrogens with zero attached hydrogens (tertiary/aromatic N) is 1. The summed E-state index contributed by atoms with van der Waals surface area (Å²) in [5.41, 5.74) is 1.48. The van der Waals surface area contributed by atoms with Crippen LogP contribution in [-0.4, -0.2) is 24.5 Å². The number of hydrogen-bond donors (Lipinski definition) is 1. The predicted molar refractivity (Wildman–Crippen MR) is 67.2 cm³/mol. The Morgan fingerprint density at radius 3 is 3.00 bits per heavy atom. The second-order valence-electron chi connectivity index (χ2n) is 3.83. The summed E-state index contributed by atoms with van der Waals surface area (Å²) >= 11 is 0. The van der Waals surface area contributed by atoms with Gasteiger partial charge in [0.05, 0.1) is 17.3 Å². The average molecular weight is 230 g/mol. The van der Waals surface area contributed by atoms with Crippen molar-refractivity contribution in [1.82, 2.24) is 0 Å². The number of rotatable bonds is 3. The molecule has 1 aliphatic heterocycles. The summed E-state index contributed by atoms with van der Waals surface area (Å²) in [4.78, 5) is 15.7. The number of aliphatic imine (C=N–C) groups is 1. The van der Waals surface area contributed by atoms with Crippen LogP contribution >= 0.6 is 0 Å². The third-order valence-electron chi connectivity index (χ3n) is 2.40. The molecule has 4 heteroatoms. The van der Waals surface area contributed by atoms with Crippen LogP contribution in [0, 0.1) is 0 Å². The van der Waals surface area contributed by atoms with Crippen molar-refractivity contribution in [1.29, 1.82) is 0 Å².